The molecule has 7 aromatic carbocycles. The van der Waals surface area contributed by atoms with Gasteiger partial charge in [0.25, 0.3) is 0 Å². The van der Waals surface area contributed by atoms with E-state index in [1.54, 1.807) is 0 Å². The van der Waals surface area contributed by atoms with Crippen LogP contribution < -0.4 is 0 Å². The maximum Gasteiger partial charge on any atom is 0.148 e. The van der Waals surface area contributed by atoms with Gasteiger partial charge in [0.05, 0.1) is 22.3 Å². The third kappa shape index (κ3) is 9.02. The van der Waals surface area contributed by atoms with Crippen LogP contribution in [0.25, 0.3) is 83.9 Å². The minimum atomic E-state index is -0.837. The number of hydrogen-bond acceptors (Lipinski definition) is 3. The summed E-state index contributed by atoms with van der Waals surface area (Å²) in [6.07, 6.45) is 1.87. The fraction of sp³-hybridized carbons (Fsp3) is 0.200. The van der Waals surface area contributed by atoms with E-state index in [9.17, 15) is 5.11 Å². The molecule has 5 heteroatoms. The Morgan fingerprint density at radius 2 is 1.20 bits per heavy atom. The summed E-state index contributed by atoms with van der Waals surface area (Å²) < 4.78 is 20.0. The molecular formula is C60H56N3OPt-. The molecule has 0 radical (unpaired) electrons. The first-order valence-electron chi connectivity index (χ1n) is 23.1. The van der Waals surface area contributed by atoms with Crippen molar-refractivity contribution >= 4 is 11.0 Å². The largest absolute Gasteiger partial charge is 0.507 e. The van der Waals surface area contributed by atoms with E-state index in [0.717, 1.165) is 100 Å². The monoisotopic (exact) mass is 1030 g/mol. The predicted octanol–water partition coefficient (Wildman–Crippen LogP) is 16.1. The molecule has 65 heavy (non-hydrogen) atoms. The van der Waals surface area contributed by atoms with Crippen molar-refractivity contribution in [3.8, 4) is 78.6 Å². The molecule has 9 rings (SSSR count). The molecule has 9 aromatic rings. The Balaban J connectivity index is 0.00000608. The molecule has 328 valence electrons. The molecule has 0 atom stereocenters. The summed E-state index contributed by atoms with van der Waals surface area (Å²) in [5, 5.41) is 12.0. The molecule has 0 fully saturated rings. The van der Waals surface area contributed by atoms with E-state index in [0.29, 0.717) is 11.4 Å². The number of phenols is 1. The van der Waals surface area contributed by atoms with Gasteiger partial charge in [0.15, 0.2) is 0 Å². The van der Waals surface area contributed by atoms with E-state index >= 15 is 0 Å². The fourth-order valence-electron chi connectivity index (χ4n) is 8.62. The third-order valence-electron chi connectivity index (χ3n) is 12.4. The number of imidazole rings is 1. The second kappa shape index (κ2) is 18.3. The molecule has 0 saturated heterocycles. The average molecular weight is 1030 g/mol. The van der Waals surface area contributed by atoms with Gasteiger partial charge in [0.2, 0.25) is 0 Å². The molecule has 0 aliphatic carbocycles. The van der Waals surface area contributed by atoms with Gasteiger partial charge < -0.3 is 5.11 Å². The van der Waals surface area contributed by atoms with Crippen molar-refractivity contribution in [3.63, 3.8) is 0 Å². The van der Waals surface area contributed by atoms with E-state index in [1.165, 1.54) is 0 Å². The number of aromatic nitrogens is 3. The molecule has 2 aromatic heterocycles. The van der Waals surface area contributed by atoms with Crippen molar-refractivity contribution in [2.45, 2.75) is 79.5 Å². The van der Waals surface area contributed by atoms with Gasteiger partial charge in [-0.1, -0.05) is 174 Å². The summed E-state index contributed by atoms with van der Waals surface area (Å²) in [6, 6.07) is 56.2. The van der Waals surface area contributed by atoms with Crippen LogP contribution in [0.1, 0.15) is 90.8 Å². The van der Waals surface area contributed by atoms with Gasteiger partial charge in [0, 0.05) is 35.7 Å². The van der Waals surface area contributed by atoms with E-state index in [4.69, 9.17) is 12.7 Å². The summed E-state index contributed by atoms with van der Waals surface area (Å²) in [7, 11) is 0. The number of aryl methyl sites for hydroxylation is 2. The van der Waals surface area contributed by atoms with Gasteiger partial charge in [-0.2, -0.15) is 0 Å². The Bertz CT molecular complexity index is 3250. The molecule has 0 bridgehead atoms. The Morgan fingerprint density at radius 1 is 0.585 bits per heavy atom. The first-order valence-corrected chi connectivity index (χ1v) is 22.1. The summed E-state index contributed by atoms with van der Waals surface area (Å²) in [4.78, 5) is 10.4. The van der Waals surface area contributed by atoms with E-state index in [-0.39, 0.29) is 32.2 Å². The topological polar surface area (TPSA) is 50.9 Å². The van der Waals surface area contributed by atoms with Crippen molar-refractivity contribution in [2.75, 3.05) is 0 Å². The average Bonchev–Trinajstić information content (AvgIpc) is 3.68. The number of rotatable bonds is 9. The SMILES string of the molecule is [2H]C(C)(C)c1cc(-c2ccc(-n3c(-c4cc(C(C)(C)C)cc(C)c4O)nc4c(-c5[c-]c(-c6cc(-c7ccccc7)ccn6)cc(-c6ccccc6)c5)cccc43)c(C)c2)cc(C([2H])(C)C)c1.[Pt]. The third-order valence-corrected chi connectivity index (χ3v) is 12.4. The molecule has 4 nitrogen and oxygen atoms in total. The number of phenolic OH excluding ortho intramolecular Hbond substituents is 1. The predicted molar refractivity (Wildman–Crippen MR) is 268 cm³/mol. The van der Waals surface area contributed by atoms with Crippen molar-refractivity contribution in [2.24, 2.45) is 0 Å². The second-order valence-corrected chi connectivity index (χ2v) is 18.5. The van der Waals surface area contributed by atoms with Crippen LogP contribution in [0.2, 0.25) is 0 Å². The Labute approximate surface area is 402 Å². The normalized spacial score (nSPS) is 12.4. The Hall–Kier alpha value is -6.35. The zero-order valence-electron chi connectivity index (χ0n) is 40.6. The van der Waals surface area contributed by atoms with Crippen LogP contribution >= 0.6 is 0 Å². The first-order chi connectivity index (χ1) is 31.3. The zero-order valence-corrected chi connectivity index (χ0v) is 40.9. The summed E-state index contributed by atoms with van der Waals surface area (Å²) >= 11 is 0. The number of hydrogen-bond donors (Lipinski definition) is 1. The zero-order chi connectivity index (χ0) is 46.7. The molecule has 0 saturated carbocycles. The Morgan fingerprint density at radius 3 is 1.83 bits per heavy atom. The van der Waals surface area contributed by atoms with Crippen LogP contribution in [0.5, 0.6) is 5.75 Å². The smallest absolute Gasteiger partial charge is 0.148 e. The van der Waals surface area contributed by atoms with Crippen LogP contribution in [-0.2, 0) is 26.5 Å². The molecule has 2 heterocycles. The van der Waals surface area contributed by atoms with Crippen LogP contribution in [-0.4, -0.2) is 19.6 Å². The minimum absolute atomic E-state index is 0. The van der Waals surface area contributed by atoms with Gasteiger partial charge in [-0.3, -0.25) is 9.55 Å². The van der Waals surface area contributed by atoms with Crippen LogP contribution in [0.4, 0.5) is 0 Å². The van der Waals surface area contributed by atoms with Crippen LogP contribution in [0, 0.1) is 19.9 Å². The number of nitrogens with zero attached hydrogens (tertiary/aromatic N) is 3. The van der Waals surface area contributed by atoms with Gasteiger partial charge in [0.1, 0.15) is 11.6 Å². The van der Waals surface area contributed by atoms with Crippen molar-refractivity contribution in [1.82, 2.24) is 14.5 Å². The molecule has 1 N–H and O–H groups in total. The van der Waals surface area contributed by atoms with E-state index in [1.807, 2.05) is 65.1 Å². The standard InChI is InChI=1S/C60H56N3O.Pt/c1-37(2)45-29-46(38(3)4)31-48(30-45)43-23-24-55(39(5)27-43)63-56-22-16-21-52(57(56)62-59(63)53-36-51(60(7,8)9)28-40(6)58(53)64)49-32-47(42-19-14-11-15-20-42)33-50(34-49)54-35-44(25-26-61-54)41-17-12-10-13-18-41;/h10-33,35-38,64H,1-9H3;/q-1;/i37D,38D;. The molecule has 0 amide bonds. The molecular weight excluding hydrogens is 974 g/mol. The number of pyridine rings is 1. The summed E-state index contributed by atoms with van der Waals surface area (Å²) in [5.74, 6) is -0.847. The second-order valence-electron chi connectivity index (χ2n) is 18.5. The maximum absolute atomic E-state index is 12.0. The van der Waals surface area contributed by atoms with Gasteiger partial charge in [-0.15, -0.1) is 23.8 Å². The van der Waals surface area contributed by atoms with Gasteiger partial charge >= 0.3 is 0 Å². The summed E-state index contributed by atoms with van der Waals surface area (Å²) in [6.45, 7) is 18.2. The number of para-hydroxylation sites is 1. The van der Waals surface area contributed by atoms with Crippen LogP contribution in [0.15, 0.2) is 158 Å². The molecule has 0 spiro atoms. The Kier molecular flexibility index (Phi) is 12.0. The van der Waals surface area contributed by atoms with Crippen molar-refractivity contribution < 1.29 is 28.9 Å². The molecule has 0 aliphatic rings. The maximum atomic E-state index is 12.0. The number of aromatic hydroxyl groups is 1. The van der Waals surface area contributed by atoms with E-state index in [2.05, 4.69) is 166 Å². The van der Waals surface area contributed by atoms with Crippen molar-refractivity contribution in [3.05, 3.63) is 192 Å². The quantitative estimate of drug-likeness (QED) is 0.147. The molecule has 0 aliphatic heterocycles. The fourth-order valence-corrected chi connectivity index (χ4v) is 8.62. The minimum Gasteiger partial charge on any atom is -0.507 e. The van der Waals surface area contributed by atoms with Gasteiger partial charge in [-0.05, 0) is 117 Å². The number of fused-ring (bicyclic) bond motifs is 1. The van der Waals surface area contributed by atoms with Crippen molar-refractivity contribution in [1.29, 1.82) is 0 Å². The molecule has 0 unspecified atom stereocenters. The van der Waals surface area contributed by atoms with Crippen LogP contribution in [0.3, 0.4) is 0 Å². The van der Waals surface area contributed by atoms with E-state index < -0.39 is 11.8 Å². The summed E-state index contributed by atoms with van der Waals surface area (Å²) in [5.41, 5.74) is 17.4. The van der Waals surface area contributed by atoms with Gasteiger partial charge in [-0.25, -0.2) is 4.98 Å². The number of benzene rings is 7. The first kappa shape index (κ1) is 42.6.